The Hall–Kier alpha value is -4.07. The fourth-order valence-corrected chi connectivity index (χ4v) is 5.47. The van der Waals surface area contributed by atoms with Gasteiger partial charge in [0.1, 0.15) is 12.1 Å². The van der Waals surface area contributed by atoms with Crippen LogP contribution in [-0.4, -0.2) is 65.5 Å². The maximum absolute atomic E-state index is 13.8. The number of amides is 4. The Morgan fingerprint density at radius 2 is 1.59 bits per heavy atom. The van der Waals surface area contributed by atoms with Gasteiger partial charge in [-0.1, -0.05) is 54.6 Å². The lowest BCUT2D eigenvalue weighted by molar-refractivity contribution is -0.137. The van der Waals surface area contributed by atoms with Gasteiger partial charge in [-0.3, -0.25) is 9.59 Å². The molecular weight excluding hydrogens is 466 g/mol. The van der Waals surface area contributed by atoms with E-state index >= 15 is 0 Å². The van der Waals surface area contributed by atoms with Crippen LogP contribution in [0.5, 0.6) is 0 Å². The molecule has 0 aromatic heterocycles. The molecule has 0 unspecified atom stereocenters. The van der Waals surface area contributed by atoms with E-state index in [1.165, 1.54) is 0 Å². The molecule has 1 spiro atoms. The highest BCUT2D eigenvalue weighted by atomic mass is 16.2. The maximum atomic E-state index is 13.8. The zero-order chi connectivity index (χ0) is 26.0. The summed E-state index contributed by atoms with van der Waals surface area (Å²) in [4.78, 5) is 45.0. The predicted molar refractivity (Wildman–Crippen MR) is 145 cm³/mol. The molecule has 8 nitrogen and oxygen atoms in total. The van der Waals surface area contributed by atoms with Crippen LogP contribution in [0.1, 0.15) is 26.7 Å². The van der Waals surface area contributed by atoms with Crippen molar-refractivity contribution in [1.82, 2.24) is 15.1 Å². The van der Waals surface area contributed by atoms with Crippen LogP contribution in [0, 0.1) is 0 Å². The van der Waals surface area contributed by atoms with Crippen molar-refractivity contribution < 1.29 is 14.4 Å². The topological polar surface area (TPSA) is 85.0 Å². The monoisotopic (exact) mass is 499 g/mol. The van der Waals surface area contributed by atoms with Gasteiger partial charge in [-0.25, -0.2) is 4.79 Å². The van der Waals surface area contributed by atoms with E-state index in [9.17, 15) is 14.4 Å². The number of nitrogens with zero attached hydrogens (tertiary/aromatic N) is 3. The third kappa shape index (κ3) is 4.83. The summed E-state index contributed by atoms with van der Waals surface area (Å²) in [5, 5.41) is 8.00. The number of urea groups is 1. The minimum absolute atomic E-state index is 0.00729. The number of carbonyl (C=O) groups is 3. The number of likely N-dealkylation sites (tertiary alicyclic amines) is 1. The van der Waals surface area contributed by atoms with Crippen molar-refractivity contribution in [2.24, 2.45) is 0 Å². The third-order valence-electron chi connectivity index (χ3n) is 7.28. The summed E-state index contributed by atoms with van der Waals surface area (Å²) >= 11 is 0. The number of nitrogens with one attached hydrogen (secondary N) is 2. The highest BCUT2D eigenvalue weighted by Gasteiger charge is 2.54. The van der Waals surface area contributed by atoms with E-state index in [-0.39, 0.29) is 30.4 Å². The Morgan fingerprint density at radius 3 is 2.32 bits per heavy atom. The Morgan fingerprint density at radius 1 is 0.919 bits per heavy atom. The predicted octanol–water partition coefficient (Wildman–Crippen LogP) is 4.04. The second-order valence-corrected chi connectivity index (χ2v) is 10.1. The van der Waals surface area contributed by atoms with E-state index < -0.39 is 5.54 Å². The smallest absolute Gasteiger partial charge is 0.321 e. The third-order valence-corrected chi connectivity index (χ3v) is 7.28. The quantitative estimate of drug-likeness (QED) is 0.555. The minimum Gasteiger partial charge on any atom is -0.352 e. The molecule has 0 atom stereocenters. The molecule has 37 heavy (non-hydrogen) atoms. The molecule has 2 aliphatic rings. The second kappa shape index (κ2) is 10.1. The maximum Gasteiger partial charge on any atom is 0.321 e. The first-order valence-electron chi connectivity index (χ1n) is 12.8. The molecule has 5 rings (SSSR count). The number of rotatable bonds is 5. The summed E-state index contributed by atoms with van der Waals surface area (Å²) in [6, 6.07) is 23.5. The average Bonchev–Trinajstić information content (AvgIpc) is 3.15. The second-order valence-electron chi connectivity index (χ2n) is 10.1. The van der Waals surface area contributed by atoms with Crippen molar-refractivity contribution in [3.8, 4) is 0 Å². The lowest BCUT2D eigenvalue weighted by Crippen LogP contribution is -2.58. The summed E-state index contributed by atoms with van der Waals surface area (Å²) in [5.74, 6) is -0.218. The zero-order valence-corrected chi connectivity index (χ0v) is 21.3. The first kappa shape index (κ1) is 24.6. The lowest BCUT2D eigenvalue weighted by atomic mass is 9.85. The first-order valence-corrected chi connectivity index (χ1v) is 12.8. The Balaban J connectivity index is 1.33. The number of carbonyl (C=O) groups excluding carboxylic acids is 3. The molecule has 0 aliphatic carbocycles. The number of anilines is 2. The summed E-state index contributed by atoms with van der Waals surface area (Å²) in [7, 11) is 0. The molecule has 3 aromatic rings. The fourth-order valence-electron chi connectivity index (χ4n) is 5.47. The van der Waals surface area contributed by atoms with E-state index in [4.69, 9.17) is 0 Å². The molecule has 3 aromatic carbocycles. The molecule has 4 amide bonds. The number of fused-ring (bicyclic) bond motifs is 1. The number of hydrogen-bond donors (Lipinski definition) is 2. The van der Waals surface area contributed by atoms with Gasteiger partial charge in [0.25, 0.3) is 5.91 Å². The highest BCUT2D eigenvalue weighted by molar-refractivity contribution is 6.02. The molecule has 0 radical (unpaired) electrons. The van der Waals surface area contributed by atoms with Crippen LogP contribution >= 0.6 is 0 Å². The summed E-state index contributed by atoms with van der Waals surface area (Å²) in [6.07, 6.45) is 0.984. The van der Waals surface area contributed by atoms with Gasteiger partial charge in [-0.2, -0.15) is 0 Å². The SMILES string of the molecule is CC(C)NC(=O)CN1CN(c2ccccc2)C2(CCN(C(=O)Nc3cccc4ccccc34)CC2)C1=O. The largest absolute Gasteiger partial charge is 0.352 e. The summed E-state index contributed by atoms with van der Waals surface area (Å²) < 4.78 is 0. The number of benzene rings is 3. The van der Waals surface area contributed by atoms with Crippen molar-refractivity contribution in [3.63, 3.8) is 0 Å². The van der Waals surface area contributed by atoms with Crippen molar-refractivity contribution in [2.75, 3.05) is 36.5 Å². The van der Waals surface area contributed by atoms with Crippen molar-refractivity contribution in [3.05, 3.63) is 72.8 Å². The first-order chi connectivity index (χ1) is 17.9. The Kier molecular flexibility index (Phi) is 6.74. The Labute approximate surface area is 217 Å². The van der Waals surface area contributed by atoms with Crippen LogP contribution in [0.2, 0.25) is 0 Å². The van der Waals surface area contributed by atoms with Crippen LogP contribution < -0.4 is 15.5 Å². The highest BCUT2D eigenvalue weighted by Crippen LogP contribution is 2.39. The average molecular weight is 500 g/mol. The van der Waals surface area contributed by atoms with Gasteiger partial charge in [0.05, 0.1) is 12.4 Å². The molecule has 8 heteroatoms. The summed E-state index contributed by atoms with van der Waals surface area (Å²) in [5.41, 5.74) is 0.931. The minimum atomic E-state index is -0.782. The van der Waals surface area contributed by atoms with E-state index in [0.717, 1.165) is 22.1 Å². The lowest BCUT2D eigenvalue weighted by Gasteiger charge is -2.43. The van der Waals surface area contributed by atoms with Crippen molar-refractivity contribution >= 4 is 40.0 Å². The molecule has 0 saturated carbocycles. The standard InChI is InChI=1S/C29H33N5O3/c1-21(2)30-26(35)19-33-20-34(23-11-4-3-5-12-23)29(27(33)36)15-17-32(18-16-29)28(37)31-25-14-8-10-22-9-6-7-13-24(22)25/h3-14,21H,15-20H2,1-2H3,(H,30,35)(H,31,37). The van der Waals surface area contributed by atoms with Gasteiger partial charge >= 0.3 is 6.03 Å². The normalized spacial score (nSPS) is 17.1. The van der Waals surface area contributed by atoms with E-state index in [0.29, 0.717) is 32.6 Å². The summed E-state index contributed by atoms with van der Waals surface area (Å²) in [6.45, 7) is 5.06. The van der Waals surface area contributed by atoms with Crippen molar-refractivity contribution in [1.29, 1.82) is 0 Å². The molecule has 2 aliphatic heterocycles. The van der Waals surface area contributed by atoms with Gasteiger partial charge in [0.2, 0.25) is 5.91 Å². The van der Waals surface area contributed by atoms with Gasteiger partial charge < -0.3 is 25.3 Å². The van der Waals surface area contributed by atoms with Crippen LogP contribution in [0.3, 0.4) is 0 Å². The molecule has 2 N–H and O–H groups in total. The van der Waals surface area contributed by atoms with Crippen LogP contribution in [0.15, 0.2) is 72.8 Å². The van der Waals surface area contributed by atoms with Crippen LogP contribution in [0.25, 0.3) is 10.8 Å². The van der Waals surface area contributed by atoms with Gasteiger partial charge in [0.15, 0.2) is 0 Å². The fraction of sp³-hybridized carbons (Fsp3) is 0.345. The van der Waals surface area contributed by atoms with Crippen molar-refractivity contribution in [2.45, 2.75) is 38.3 Å². The Bertz CT molecular complexity index is 1300. The number of hydrogen-bond acceptors (Lipinski definition) is 4. The number of para-hydroxylation sites is 1. The van der Waals surface area contributed by atoms with Crippen LogP contribution in [-0.2, 0) is 9.59 Å². The van der Waals surface area contributed by atoms with E-state index in [2.05, 4.69) is 15.5 Å². The molecule has 2 saturated heterocycles. The van der Waals surface area contributed by atoms with Gasteiger partial charge in [-0.15, -0.1) is 0 Å². The molecule has 2 fully saturated rings. The number of piperidine rings is 1. The van der Waals surface area contributed by atoms with Gasteiger partial charge in [-0.05, 0) is 50.3 Å². The molecular formula is C29H33N5O3. The molecule has 0 bridgehead atoms. The molecule has 2 heterocycles. The van der Waals surface area contributed by atoms with Crippen LogP contribution in [0.4, 0.5) is 16.2 Å². The molecule has 192 valence electrons. The van der Waals surface area contributed by atoms with E-state index in [1.54, 1.807) is 9.80 Å². The van der Waals surface area contributed by atoms with E-state index in [1.807, 2.05) is 86.6 Å². The van der Waals surface area contributed by atoms with Gasteiger partial charge in [0, 0.05) is 30.2 Å². The zero-order valence-electron chi connectivity index (χ0n) is 21.3.